The Morgan fingerprint density at radius 3 is 2.13 bits per heavy atom. The van der Waals surface area contributed by atoms with E-state index in [1.54, 1.807) is 32.4 Å². The second kappa shape index (κ2) is 8.53. The fourth-order valence-corrected chi connectivity index (χ4v) is 1.99. The Hall–Kier alpha value is -2.89. The summed E-state index contributed by atoms with van der Waals surface area (Å²) in [4.78, 5) is 0. The molecule has 0 amide bonds. The van der Waals surface area contributed by atoms with Crippen LogP contribution in [0.5, 0.6) is 23.0 Å². The molecule has 0 aliphatic heterocycles. The van der Waals surface area contributed by atoms with E-state index < -0.39 is 0 Å². The topological polar surface area (TPSA) is 69.5 Å². The van der Waals surface area contributed by atoms with Gasteiger partial charge in [0.25, 0.3) is 0 Å². The van der Waals surface area contributed by atoms with Crippen LogP contribution in [0.1, 0.15) is 5.56 Å². The lowest BCUT2D eigenvalue weighted by Crippen LogP contribution is -2.10. The zero-order chi connectivity index (χ0) is 16.5. The quantitative estimate of drug-likeness (QED) is 0.351. The third-order valence-corrected chi connectivity index (χ3v) is 3.06. The lowest BCUT2D eigenvalue weighted by atomic mass is 10.2. The highest BCUT2D eigenvalue weighted by Crippen LogP contribution is 2.28. The van der Waals surface area contributed by atoms with Crippen LogP contribution in [-0.2, 0) is 0 Å². The van der Waals surface area contributed by atoms with Crippen molar-refractivity contribution in [2.24, 2.45) is 5.16 Å². The Balaban J connectivity index is 1.94. The number of para-hydroxylation sites is 2. The molecule has 0 aromatic heterocycles. The SMILES string of the molecule is COc1ccccc1OCCOc1cc(C=NO)ccc1OC. The summed E-state index contributed by atoms with van der Waals surface area (Å²) in [7, 11) is 3.16. The summed E-state index contributed by atoms with van der Waals surface area (Å²) in [6.45, 7) is 0.677. The second-order valence-corrected chi connectivity index (χ2v) is 4.50. The minimum atomic E-state index is 0.328. The number of hydrogen-bond donors (Lipinski definition) is 1. The molecule has 122 valence electrons. The summed E-state index contributed by atoms with van der Waals surface area (Å²) in [5.74, 6) is 2.48. The van der Waals surface area contributed by atoms with Crippen LogP contribution in [-0.4, -0.2) is 38.9 Å². The number of methoxy groups -OCH3 is 2. The van der Waals surface area contributed by atoms with Gasteiger partial charge in [-0.25, -0.2) is 0 Å². The molecule has 0 atom stereocenters. The summed E-state index contributed by atoms with van der Waals surface area (Å²) in [6.07, 6.45) is 1.32. The largest absolute Gasteiger partial charge is 0.493 e. The van der Waals surface area contributed by atoms with E-state index in [0.717, 1.165) is 0 Å². The minimum Gasteiger partial charge on any atom is -0.493 e. The molecule has 2 aromatic carbocycles. The molecule has 23 heavy (non-hydrogen) atoms. The van der Waals surface area contributed by atoms with E-state index in [4.69, 9.17) is 24.2 Å². The highest BCUT2D eigenvalue weighted by molar-refractivity contribution is 5.80. The summed E-state index contributed by atoms with van der Waals surface area (Å²) in [6, 6.07) is 12.6. The molecule has 0 unspecified atom stereocenters. The van der Waals surface area contributed by atoms with Crippen molar-refractivity contribution in [2.75, 3.05) is 27.4 Å². The number of nitrogens with zero attached hydrogens (tertiary/aromatic N) is 1. The lowest BCUT2D eigenvalue weighted by Gasteiger charge is -2.13. The van der Waals surface area contributed by atoms with Crippen LogP contribution in [0.2, 0.25) is 0 Å². The van der Waals surface area contributed by atoms with Gasteiger partial charge in [0.15, 0.2) is 23.0 Å². The molecule has 2 aromatic rings. The monoisotopic (exact) mass is 317 g/mol. The van der Waals surface area contributed by atoms with Crippen molar-refractivity contribution in [1.82, 2.24) is 0 Å². The molecule has 6 heteroatoms. The zero-order valence-corrected chi connectivity index (χ0v) is 13.1. The smallest absolute Gasteiger partial charge is 0.161 e. The molecule has 6 nitrogen and oxygen atoms in total. The van der Waals surface area contributed by atoms with E-state index in [1.807, 2.05) is 24.3 Å². The van der Waals surface area contributed by atoms with Gasteiger partial charge in [-0.05, 0) is 30.3 Å². The molecule has 1 N–H and O–H groups in total. The van der Waals surface area contributed by atoms with E-state index in [0.29, 0.717) is 41.8 Å². The summed E-state index contributed by atoms with van der Waals surface area (Å²) < 4.78 is 21.8. The Kier molecular flexibility index (Phi) is 6.11. The van der Waals surface area contributed by atoms with Gasteiger partial charge in [0.2, 0.25) is 0 Å². The normalized spacial score (nSPS) is 10.5. The Bertz CT molecular complexity index is 657. The van der Waals surface area contributed by atoms with Gasteiger partial charge in [-0.2, -0.15) is 0 Å². The maximum Gasteiger partial charge on any atom is 0.161 e. The first-order valence-corrected chi connectivity index (χ1v) is 7.02. The molecule has 0 saturated heterocycles. The number of ether oxygens (including phenoxy) is 4. The van der Waals surface area contributed by atoms with Crippen molar-refractivity contribution in [3.63, 3.8) is 0 Å². The zero-order valence-electron chi connectivity index (χ0n) is 13.1. The average Bonchev–Trinajstić information content (AvgIpc) is 2.59. The van der Waals surface area contributed by atoms with Crippen molar-refractivity contribution < 1.29 is 24.2 Å². The first kappa shape index (κ1) is 16.5. The van der Waals surface area contributed by atoms with Gasteiger partial charge in [0.1, 0.15) is 13.2 Å². The molecular weight excluding hydrogens is 298 g/mol. The average molecular weight is 317 g/mol. The third-order valence-electron chi connectivity index (χ3n) is 3.06. The summed E-state index contributed by atoms with van der Waals surface area (Å²) in [5.41, 5.74) is 0.703. The van der Waals surface area contributed by atoms with Crippen LogP contribution >= 0.6 is 0 Å². The van der Waals surface area contributed by atoms with Crippen LogP contribution in [0, 0.1) is 0 Å². The van der Waals surface area contributed by atoms with Crippen molar-refractivity contribution >= 4 is 6.21 Å². The Morgan fingerprint density at radius 2 is 1.48 bits per heavy atom. The Morgan fingerprint density at radius 1 is 0.870 bits per heavy atom. The molecule has 0 fully saturated rings. The van der Waals surface area contributed by atoms with Crippen LogP contribution in [0.15, 0.2) is 47.6 Å². The van der Waals surface area contributed by atoms with Crippen molar-refractivity contribution in [3.05, 3.63) is 48.0 Å². The summed E-state index contributed by atoms with van der Waals surface area (Å²) >= 11 is 0. The first-order chi connectivity index (χ1) is 11.3. The van der Waals surface area contributed by atoms with Crippen LogP contribution in [0.3, 0.4) is 0 Å². The van der Waals surface area contributed by atoms with Gasteiger partial charge in [-0.3, -0.25) is 0 Å². The van der Waals surface area contributed by atoms with Gasteiger partial charge < -0.3 is 24.2 Å². The molecule has 0 aliphatic rings. The van der Waals surface area contributed by atoms with E-state index in [9.17, 15) is 0 Å². The molecule has 0 heterocycles. The number of benzene rings is 2. The second-order valence-electron chi connectivity index (χ2n) is 4.50. The number of oxime groups is 1. The van der Waals surface area contributed by atoms with Crippen LogP contribution in [0.25, 0.3) is 0 Å². The van der Waals surface area contributed by atoms with Crippen LogP contribution in [0.4, 0.5) is 0 Å². The van der Waals surface area contributed by atoms with Gasteiger partial charge in [0, 0.05) is 5.56 Å². The van der Waals surface area contributed by atoms with Crippen molar-refractivity contribution in [1.29, 1.82) is 0 Å². The highest BCUT2D eigenvalue weighted by Gasteiger charge is 2.06. The summed E-state index contributed by atoms with van der Waals surface area (Å²) in [5, 5.41) is 11.6. The molecule has 0 aliphatic carbocycles. The predicted octanol–water partition coefficient (Wildman–Crippen LogP) is 2.97. The molecular formula is C17H19NO5. The van der Waals surface area contributed by atoms with E-state index in [2.05, 4.69) is 5.16 Å². The fraction of sp³-hybridized carbons (Fsp3) is 0.235. The highest BCUT2D eigenvalue weighted by atomic mass is 16.5. The molecule has 0 spiro atoms. The molecule has 0 bridgehead atoms. The van der Waals surface area contributed by atoms with Crippen LogP contribution < -0.4 is 18.9 Å². The maximum absolute atomic E-state index is 8.59. The van der Waals surface area contributed by atoms with Gasteiger partial charge >= 0.3 is 0 Å². The standard InChI is InChI=1S/C17H19NO5/c1-20-14-5-3-4-6-16(14)22-9-10-23-17-11-13(12-18-19)7-8-15(17)21-2/h3-8,11-12,19H,9-10H2,1-2H3. The molecule has 0 saturated carbocycles. The minimum absolute atomic E-state index is 0.328. The van der Waals surface area contributed by atoms with E-state index in [1.165, 1.54) is 6.21 Å². The Labute approximate surface area is 134 Å². The predicted molar refractivity (Wildman–Crippen MR) is 86.4 cm³/mol. The lowest BCUT2D eigenvalue weighted by molar-refractivity contribution is 0.206. The van der Waals surface area contributed by atoms with Gasteiger partial charge in [-0.15, -0.1) is 0 Å². The molecule has 0 radical (unpaired) electrons. The maximum atomic E-state index is 8.59. The van der Waals surface area contributed by atoms with Crippen molar-refractivity contribution in [3.8, 4) is 23.0 Å². The first-order valence-electron chi connectivity index (χ1n) is 7.02. The third kappa shape index (κ3) is 4.54. The number of rotatable bonds is 8. The van der Waals surface area contributed by atoms with E-state index >= 15 is 0 Å². The van der Waals surface area contributed by atoms with Crippen molar-refractivity contribution in [2.45, 2.75) is 0 Å². The van der Waals surface area contributed by atoms with E-state index in [-0.39, 0.29) is 0 Å². The fourth-order valence-electron chi connectivity index (χ4n) is 1.99. The van der Waals surface area contributed by atoms with Gasteiger partial charge in [0.05, 0.1) is 20.4 Å². The number of hydrogen-bond acceptors (Lipinski definition) is 6. The van der Waals surface area contributed by atoms with Gasteiger partial charge in [-0.1, -0.05) is 17.3 Å². The molecule has 2 rings (SSSR count).